The first kappa shape index (κ1) is 19.6. The van der Waals surface area contributed by atoms with Crippen LogP contribution < -0.4 is 15.5 Å². The van der Waals surface area contributed by atoms with Crippen molar-refractivity contribution >= 4 is 23.7 Å². The molecule has 0 atom stereocenters. The number of carbonyl (C=O) groups is 2. The van der Waals surface area contributed by atoms with Gasteiger partial charge in [0.15, 0.2) is 0 Å². The number of nitro benzene ring substituents is 1. The Morgan fingerprint density at radius 3 is 2.56 bits per heavy atom. The number of nitrogens with one attached hydrogen (secondary N) is 2. The first-order valence-electron chi connectivity index (χ1n) is 7.90. The molecule has 0 heterocycles. The summed E-state index contributed by atoms with van der Waals surface area (Å²) < 4.78 is 5.04. The van der Waals surface area contributed by atoms with Gasteiger partial charge in [0.2, 0.25) is 0 Å². The predicted molar refractivity (Wildman–Crippen MR) is 98.9 cm³/mol. The van der Waals surface area contributed by atoms with Crippen molar-refractivity contribution in [1.82, 2.24) is 10.7 Å². The maximum atomic E-state index is 12.0. The summed E-state index contributed by atoms with van der Waals surface area (Å²) in [6, 6.07) is 11.1. The molecule has 2 aromatic carbocycles. The Labute approximate surface area is 155 Å². The van der Waals surface area contributed by atoms with E-state index in [4.69, 9.17) is 4.74 Å². The molecule has 0 aliphatic rings. The van der Waals surface area contributed by atoms with E-state index in [2.05, 4.69) is 15.8 Å². The normalized spacial score (nSPS) is 10.4. The third kappa shape index (κ3) is 5.63. The molecule has 0 aromatic heterocycles. The second-order valence-electron chi connectivity index (χ2n) is 5.51. The number of nitro groups is 1. The van der Waals surface area contributed by atoms with Gasteiger partial charge in [0, 0.05) is 17.2 Å². The first-order chi connectivity index (χ1) is 12.9. The van der Waals surface area contributed by atoms with E-state index in [1.165, 1.54) is 24.4 Å². The fourth-order valence-electron chi connectivity index (χ4n) is 2.12. The average molecular weight is 370 g/mol. The summed E-state index contributed by atoms with van der Waals surface area (Å²) in [5.74, 6) is -0.419. The Kier molecular flexibility index (Phi) is 6.59. The molecular weight excluding hydrogens is 352 g/mol. The second kappa shape index (κ2) is 9.09. The van der Waals surface area contributed by atoms with Gasteiger partial charge in [-0.1, -0.05) is 6.07 Å². The lowest BCUT2D eigenvalue weighted by atomic mass is 10.1. The molecule has 2 N–H and O–H groups in total. The van der Waals surface area contributed by atoms with Crippen LogP contribution >= 0.6 is 0 Å². The lowest BCUT2D eigenvalue weighted by Gasteiger charge is -2.05. The SMILES string of the molecule is COc1ccc(/C=N\NC(=O)CNC(=O)c2ccc(C)c([N+](=O)[O-])c2)cc1. The molecule has 0 unspecified atom stereocenters. The molecule has 0 aliphatic carbocycles. The van der Waals surface area contributed by atoms with Crippen LogP contribution in [0.25, 0.3) is 0 Å². The Morgan fingerprint density at radius 1 is 1.22 bits per heavy atom. The fraction of sp³-hybridized carbons (Fsp3) is 0.167. The van der Waals surface area contributed by atoms with Crippen molar-refractivity contribution in [2.45, 2.75) is 6.92 Å². The van der Waals surface area contributed by atoms with E-state index < -0.39 is 16.7 Å². The van der Waals surface area contributed by atoms with Gasteiger partial charge in [-0.3, -0.25) is 19.7 Å². The van der Waals surface area contributed by atoms with Crippen molar-refractivity contribution in [2.24, 2.45) is 5.10 Å². The quantitative estimate of drug-likeness (QED) is 0.437. The van der Waals surface area contributed by atoms with Crippen molar-refractivity contribution in [3.63, 3.8) is 0 Å². The maximum Gasteiger partial charge on any atom is 0.273 e. The van der Waals surface area contributed by atoms with Crippen molar-refractivity contribution in [3.8, 4) is 5.75 Å². The number of rotatable bonds is 7. The third-order valence-electron chi connectivity index (χ3n) is 3.60. The highest BCUT2D eigenvalue weighted by molar-refractivity contribution is 5.97. The number of hydrogen-bond acceptors (Lipinski definition) is 6. The summed E-state index contributed by atoms with van der Waals surface area (Å²) in [5.41, 5.74) is 3.43. The minimum absolute atomic E-state index is 0.0989. The van der Waals surface area contributed by atoms with Crippen LogP contribution in [0.1, 0.15) is 21.5 Å². The van der Waals surface area contributed by atoms with E-state index in [1.54, 1.807) is 38.3 Å². The zero-order chi connectivity index (χ0) is 19.8. The number of aryl methyl sites for hydroxylation is 1. The molecule has 0 bridgehead atoms. The third-order valence-corrected chi connectivity index (χ3v) is 3.60. The van der Waals surface area contributed by atoms with Gasteiger partial charge in [0.25, 0.3) is 17.5 Å². The average Bonchev–Trinajstić information content (AvgIpc) is 2.66. The summed E-state index contributed by atoms with van der Waals surface area (Å²) in [4.78, 5) is 34.1. The van der Waals surface area contributed by atoms with Gasteiger partial charge in [-0.25, -0.2) is 5.43 Å². The molecule has 0 radical (unpaired) electrons. The van der Waals surface area contributed by atoms with E-state index in [1.807, 2.05) is 0 Å². The number of methoxy groups -OCH3 is 1. The van der Waals surface area contributed by atoms with Crippen LogP contribution in [0.3, 0.4) is 0 Å². The molecule has 0 saturated carbocycles. The smallest absolute Gasteiger partial charge is 0.273 e. The number of ether oxygens (including phenoxy) is 1. The van der Waals surface area contributed by atoms with Gasteiger partial charge in [-0.15, -0.1) is 0 Å². The molecule has 27 heavy (non-hydrogen) atoms. The van der Waals surface area contributed by atoms with Crippen LogP contribution in [0.4, 0.5) is 5.69 Å². The van der Waals surface area contributed by atoms with Gasteiger partial charge >= 0.3 is 0 Å². The van der Waals surface area contributed by atoms with E-state index >= 15 is 0 Å². The summed E-state index contributed by atoms with van der Waals surface area (Å²) in [7, 11) is 1.56. The predicted octanol–water partition coefficient (Wildman–Crippen LogP) is 1.79. The molecule has 9 nitrogen and oxygen atoms in total. The summed E-state index contributed by atoms with van der Waals surface area (Å²) in [5, 5.41) is 17.1. The Hall–Kier alpha value is -3.75. The van der Waals surface area contributed by atoms with E-state index in [-0.39, 0.29) is 17.8 Å². The Balaban J connectivity index is 1.85. The molecule has 0 fully saturated rings. The minimum Gasteiger partial charge on any atom is -0.497 e. The largest absolute Gasteiger partial charge is 0.497 e. The zero-order valence-electron chi connectivity index (χ0n) is 14.8. The lowest BCUT2D eigenvalue weighted by molar-refractivity contribution is -0.385. The molecule has 2 rings (SSSR count). The number of amides is 2. The van der Waals surface area contributed by atoms with Crippen molar-refractivity contribution in [3.05, 3.63) is 69.3 Å². The Morgan fingerprint density at radius 2 is 1.93 bits per heavy atom. The summed E-state index contributed by atoms with van der Waals surface area (Å²) >= 11 is 0. The van der Waals surface area contributed by atoms with Crippen LogP contribution in [0.5, 0.6) is 5.75 Å². The van der Waals surface area contributed by atoms with Crippen LogP contribution in [-0.2, 0) is 4.79 Å². The van der Waals surface area contributed by atoms with Crippen molar-refractivity contribution in [1.29, 1.82) is 0 Å². The van der Waals surface area contributed by atoms with Crippen LogP contribution in [0, 0.1) is 17.0 Å². The molecule has 9 heteroatoms. The van der Waals surface area contributed by atoms with E-state index in [0.29, 0.717) is 11.3 Å². The molecule has 140 valence electrons. The van der Waals surface area contributed by atoms with Gasteiger partial charge < -0.3 is 10.1 Å². The van der Waals surface area contributed by atoms with Gasteiger partial charge in [-0.05, 0) is 42.8 Å². The number of hydrogen-bond donors (Lipinski definition) is 2. The molecule has 0 saturated heterocycles. The zero-order valence-corrected chi connectivity index (χ0v) is 14.8. The highest BCUT2D eigenvalue weighted by atomic mass is 16.6. The van der Waals surface area contributed by atoms with Crippen LogP contribution in [0.2, 0.25) is 0 Å². The van der Waals surface area contributed by atoms with Crippen molar-refractivity contribution in [2.75, 3.05) is 13.7 Å². The van der Waals surface area contributed by atoms with E-state index in [0.717, 1.165) is 5.56 Å². The lowest BCUT2D eigenvalue weighted by Crippen LogP contribution is -2.34. The van der Waals surface area contributed by atoms with Crippen LogP contribution in [0.15, 0.2) is 47.6 Å². The molecule has 0 spiro atoms. The number of benzene rings is 2. The molecule has 2 amide bonds. The van der Waals surface area contributed by atoms with Gasteiger partial charge in [0.1, 0.15) is 5.75 Å². The molecule has 0 aliphatic heterocycles. The highest BCUT2D eigenvalue weighted by Crippen LogP contribution is 2.19. The molecule has 2 aromatic rings. The number of carbonyl (C=O) groups excluding carboxylic acids is 2. The van der Waals surface area contributed by atoms with E-state index in [9.17, 15) is 19.7 Å². The highest BCUT2D eigenvalue weighted by Gasteiger charge is 2.15. The monoisotopic (exact) mass is 370 g/mol. The number of nitrogens with zero attached hydrogens (tertiary/aromatic N) is 2. The standard InChI is InChI=1S/C18H18N4O5/c1-12-3-6-14(9-16(12)22(25)26)18(24)19-11-17(23)21-20-10-13-4-7-15(27-2)8-5-13/h3-10H,11H2,1-2H3,(H,19,24)(H,21,23)/b20-10-. The topological polar surface area (TPSA) is 123 Å². The first-order valence-corrected chi connectivity index (χ1v) is 7.90. The summed E-state index contributed by atoms with van der Waals surface area (Å²) in [6.45, 7) is 1.26. The van der Waals surface area contributed by atoms with Crippen molar-refractivity contribution < 1.29 is 19.2 Å². The second-order valence-corrected chi connectivity index (χ2v) is 5.51. The minimum atomic E-state index is -0.590. The van der Waals surface area contributed by atoms with Gasteiger partial charge in [-0.2, -0.15) is 5.10 Å². The number of hydrazone groups is 1. The maximum absolute atomic E-state index is 12.0. The van der Waals surface area contributed by atoms with Gasteiger partial charge in [0.05, 0.1) is 24.8 Å². The fourth-order valence-corrected chi connectivity index (χ4v) is 2.12. The Bertz CT molecular complexity index is 878. The summed E-state index contributed by atoms with van der Waals surface area (Å²) in [6.07, 6.45) is 1.45. The molecular formula is C18H18N4O5. The van der Waals surface area contributed by atoms with Crippen LogP contribution in [-0.4, -0.2) is 36.6 Å².